The van der Waals surface area contributed by atoms with E-state index >= 15 is 0 Å². The Morgan fingerprint density at radius 3 is 2.57 bits per heavy atom. The number of rotatable bonds is 6. The Bertz CT molecular complexity index is 848. The monoisotopic (exact) mass is 431 g/mol. The van der Waals surface area contributed by atoms with Crippen LogP contribution in [0.25, 0.3) is 0 Å². The molecule has 0 aromatic heterocycles. The Balaban J connectivity index is 1.69. The summed E-state index contributed by atoms with van der Waals surface area (Å²) in [6.07, 6.45) is 1.52. The lowest BCUT2D eigenvalue weighted by Gasteiger charge is -2.36. The highest BCUT2D eigenvalue weighted by atomic mass is 32.2. The summed E-state index contributed by atoms with van der Waals surface area (Å²) in [4.78, 5) is 41.6. The van der Waals surface area contributed by atoms with E-state index in [1.54, 1.807) is 23.6 Å². The first kappa shape index (κ1) is 21.2. The van der Waals surface area contributed by atoms with Crippen LogP contribution in [0.2, 0.25) is 0 Å². The van der Waals surface area contributed by atoms with Gasteiger partial charge in [-0.3, -0.25) is 14.4 Å². The Morgan fingerprint density at radius 1 is 1.23 bits per heavy atom. The average molecular weight is 432 g/mol. The second kappa shape index (κ2) is 7.89. The zero-order chi connectivity index (χ0) is 21.6. The van der Waals surface area contributed by atoms with Crippen LogP contribution in [0.3, 0.4) is 0 Å². The third kappa shape index (κ3) is 3.21. The lowest BCUT2D eigenvalue weighted by Crippen LogP contribution is -2.57. The molecular formula is C22H29N3O4S. The van der Waals surface area contributed by atoms with E-state index in [1.807, 2.05) is 44.2 Å². The average Bonchev–Trinajstić information content (AvgIpc) is 3.35. The molecule has 6 atom stereocenters. The standard InChI is InChI=1S/C22H29N3O4S/c1-12(2)23-20(28)18-22-10-9-15(30-22)16(17(22)21(29)25(18)13(3)11-26)19(27)24-14-7-5-4-6-8-14/h4-8,12-13,15-18,26H,9-11H2,1-3H3,(H,23,28)(H,24,27)/t13-,15-,16+,17+,18?,22?/m1/s1. The van der Waals surface area contributed by atoms with Crippen molar-refractivity contribution in [3.63, 3.8) is 0 Å². The maximum absolute atomic E-state index is 13.6. The number of carbonyl (C=O) groups excluding carboxylic acids is 3. The summed E-state index contributed by atoms with van der Waals surface area (Å²) < 4.78 is -0.622. The van der Waals surface area contributed by atoms with Gasteiger partial charge in [-0.2, -0.15) is 0 Å². The molecule has 2 unspecified atom stereocenters. The molecule has 162 valence electrons. The van der Waals surface area contributed by atoms with Crippen molar-refractivity contribution in [1.29, 1.82) is 0 Å². The molecule has 7 nitrogen and oxygen atoms in total. The van der Waals surface area contributed by atoms with E-state index in [1.165, 1.54) is 0 Å². The molecule has 4 rings (SSSR count). The molecule has 3 fully saturated rings. The summed E-state index contributed by atoms with van der Waals surface area (Å²) in [6.45, 7) is 5.30. The van der Waals surface area contributed by atoms with Gasteiger partial charge in [-0.1, -0.05) is 18.2 Å². The lowest BCUT2D eigenvalue weighted by molar-refractivity contribution is -0.141. The van der Waals surface area contributed by atoms with Crippen molar-refractivity contribution in [3.8, 4) is 0 Å². The highest BCUT2D eigenvalue weighted by Gasteiger charge is 2.74. The number of para-hydroxylation sites is 1. The molecule has 30 heavy (non-hydrogen) atoms. The van der Waals surface area contributed by atoms with Gasteiger partial charge in [-0.05, 0) is 45.7 Å². The Morgan fingerprint density at radius 2 is 1.93 bits per heavy atom. The zero-order valence-electron chi connectivity index (χ0n) is 17.5. The number of aliphatic hydroxyl groups is 1. The number of benzene rings is 1. The van der Waals surface area contributed by atoms with Crippen LogP contribution < -0.4 is 10.6 Å². The lowest BCUT2D eigenvalue weighted by atomic mass is 9.70. The van der Waals surface area contributed by atoms with Gasteiger partial charge < -0.3 is 20.6 Å². The quantitative estimate of drug-likeness (QED) is 0.636. The molecule has 0 aliphatic carbocycles. The van der Waals surface area contributed by atoms with Crippen LogP contribution in [-0.4, -0.2) is 62.5 Å². The number of nitrogens with one attached hydrogen (secondary N) is 2. The van der Waals surface area contributed by atoms with Gasteiger partial charge in [-0.15, -0.1) is 11.8 Å². The molecule has 3 amide bonds. The molecule has 3 aliphatic heterocycles. The summed E-state index contributed by atoms with van der Waals surface area (Å²) in [7, 11) is 0. The van der Waals surface area contributed by atoms with Crippen LogP contribution in [0.1, 0.15) is 33.6 Å². The molecule has 3 saturated heterocycles. The maximum Gasteiger partial charge on any atom is 0.244 e. The summed E-state index contributed by atoms with van der Waals surface area (Å²) in [5.41, 5.74) is 0.699. The fourth-order valence-corrected chi connectivity index (χ4v) is 7.57. The van der Waals surface area contributed by atoms with Gasteiger partial charge in [0.15, 0.2) is 0 Å². The number of likely N-dealkylation sites (tertiary alicyclic amines) is 1. The number of carbonyl (C=O) groups is 3. The van der Waals surface area contributed by atoms with Crippen LogP contribution in [0.5, 0.6) is 0 Å². The normalized spacial score (nSPS) is 33.0. The van der Waals surface area contributed by atoms with E-state index < -0.39 is 28.7 Å². The van der Waals surface area contributed by atoms with Gasteiger partial charge in [-0.25, -0.2) is 0 Å². The second-order valence-corrected chi connectivity index (χ2v) is 10.5. The van der Waals surface area contributed by atoms with Gasteiger partial charge in [0.25, 0.3) is 0 Å². The molecule has 3 N–H and O–H groups in total. The van der Waals surface area contributed by atoms with Crippen LogP contribution in [0.15, 0.2) is 30.3 Å². The highest BCUT2D eigenvalue weighted by Crippen LogP contribution is 2.66. The first-order chi connectivity index (χ1) is 14.3. The van der Waals surface area contributed by atoms with Gasteiger partial charge >= 0.3 is 0 Å². The number of amides is 3. The summed E-state index contributed by atoms with van der Waals surface area (Å²) >= 11 is 1.63. The molecule has 1 aromatic rings. The van der Waals surface area contributed by atoms with Crippen LogP contribution in [0.4, 0.5) is 5.69 Å². The fourth-order valence-electron chi connectivity index (χ4n) is 5.36. The summed E-state index contributed by atoms with van der Waals surface area (Å²) in [6, 6.07) is 8.00. The van der Waals surface area contributed by atoms with Crippen LogP contribution >= 0.6 is 11.8 Å². The maximum atomic E-state index is 13.6. The number of aliphatic hydroxyl groups excluding tert-OH is 1. The van der Waals surface area contributed by atoms with Crippen molar-refractivity contribution in [2.75, 3.05) is 11.9 Å². The van der Waals surface area contributed by atoms with Crippen molar-refractivity contribution in [3.05, 3.63) is 30.3 Å². The molecule has 2 bridgehead atoms. The number of nitrogens with zero attached hydrogens (tertiary/aromatic N) is 1. The largest absolute Gasteiger partial charge is 0.394 e. The minimum Gasteiger partial charge on any atom is -0.394 e. The van der Waals surface area contributed by atoms with Gasteiger partial charge in [0, 0.05) is 17.0 Å². The Kier molecular flexibility index (Phi) is 5.57. The van der Waals surface area contributed by atoms with E-state index in [0.29, 0.717) is 5.69 Å². The van der Waals surface area contributed by atoms with E-state index in [2.05, 4.69) is 10.6 Å². The number of fused-ring (bicyclic) bond motifs is 1. The third-order valence-electron chi connectivity index (χ3n) is 6.50. The van der Waals surface area contributed by atoms with E-state index in [-0.39, 0.29) is 35.6 Å². The Hall–Kier alpha value is -2.06. The minimum absolute atomic E-state index is 0.0172. The number of anilines is 1. The molecule has 3 heterocycles. The molecule has 3 aliphatic rings. The number of hydrogen-bond acceptors (Lipinski definition) is 5. The smallest absolute Gasteiger partial charge is 0.244 e. The number of hydrogen-bond donors (Lipinski definition) is 3. The van der Waals surface area contributed by atoms with Crippen molar-refractivity contribution >= 4 is 35.2 Å². The minimum atomic E-state index is -0.677. The summed E-state index contributed by atoms with van der Waals surface area (Å²) in [5, 5.41) is 15.7. The van der Waals surface area contributed by atoms with Crippen molar-refractivity contribution in [2.45, 2.75) is 61.7 Å². The molecule has 0 radical (unpaired) electrons. The molecule has 1 aromatic carbocycles. The van der Waals surface area contributed by atoms with Gasteiger partial charge in [0.2, 0.25) is 17.7 Å². The van der Waals surface area contributed by atoms with Crippen molar-refractivity contribution in [2.24, 2.45) is 11.8 Å². The van der Waals surface area contributed by atoms with Crippen LogP contribution in [-0.2, 0) is 14.4 Å². The highest BCUT2D eigenvalue weighted by molar-refractivity contribution is 8.02. The topological polar surface area (TPSA) is 98.7 Å². The van der Waals surface area contributed by atoms with E-state index in [4.69, 9.17) is 0 Å². The zero-order valence-corrected chi connectivity index (χ0v) is 18.3. The first-order valence-corrected chi connectivity index (χ1v) is 11.4. The molecule has 0 saturated carbocycles. The predicted molar refractivity (Wildman–Crippen MR) is 116 cm³/mol. The second-order valence-electron chi connectivity index (χ2n) is 8.85. The molecular weight excluding hydrogens is 402 g/mol. The van der Waals surface area contributed by atoms with Crippen molar-refractivity contribution < 1.29 is 19.5 Å². The first-order valence-electron chi connectivity index (χ1n) is 10.6. The van der Waals surface area contributed by atoms with Gasteiger partial charge in [0.05, 0.1) is 29.2 Å². The Labute approximate surface area is 181 Å². The third-order valence-corrected chi connectivity index (χ3v) is 8.45. The van der Waals surface area contributed by atoms with E-state index in [9.17, 15) is 19.5 Å². The summed E-state index contributed by atoms with van der Waals surface area (Å²) in [5.74, 6) is -1.59. The SMILES string of the molecule is CC(C)NC(=O)C1N([C@H](C)CO)C(=O)[C@@H]2[C@@H](C(=O)Nc3ccccc3)[C@H]3CCC12S3. The van der Waals surface area contributed by atoms with Crippen LogP contribution in [0, 0.1) is 11.8 Å². The molecule has 1 spiro atoms. The number of thioether (sulfide) groups is 1. The van der Waals surface area contributed by atoms with Crippen molar-refractivity contribution in [1.82, 2.24) is 10.2 Å². The predicted octanol–water partition coefficient (Wildman–Crippen LogP) is 1.62. The van der Waals surface area contributed by atoms with E-state index in [0.717, 1.165) is 12.8 Å². The molecule has 8 heteroatoms. The fraction of sp³-hybridized carbons (Fsp3) is 0.591. The van der Waals surface area contributed by atoms with Gasteiger partial charge in [0.1, 0.15) is 6.04 Å².